The smallest absolute Gasteiger partial charge is 0.439 e. The van der Waals surface area contributed by atoms with E-state index >= 15 is 0 Å². The summed E-state index contributed by atoms with van der Waals surface area (Å²) < 4.78 is 71.7. The summed E-state index contributed by atoms with van der Waals surface area (Å²) in [6, 6.07) is 9.35. The van der Waals surface area contributed by atoms with Gasteiger partial charge in [-0.3, -0.25) is 5.41 Å². The Kier molecular flexibility index (Phi) is 7.32. The van der Waals surface area contributed by atoms with Gasteiger partial charge >= 0.3 is 6.18 Å². The van der Waals surface area contributed by atoms with E-state index in [4.69, 9.17) is 21.7 Å². The fraction of sp³-hybridized carbons (Fsp3) is 0.190. The maximum absolute atomic E-state index is 14.1. The van der Waals surface area contributed by atoms with Gasteiger partial charge in [-0.25, -0.2) is 13.8 Å². The van der Waals surface area contributed by atoms with Crippen molar-refractivity contribution < 1.29 is 26.7 Å². The average Bonchev–Trinajstić information content (AvgIpc) is 2.75. The molecule has 0 spiro atoms. The highest BCUT2D eigenvalue weighted by Crippen LogP contribution is 2.30. The first-order valence-corrected chi connectivity index (χ1v) is 9.83. The van der Waals surface area contributed by atoms with Crippen molar-refractivity contribution in [3.63, 3.8) is 0 Å². The van der Waals surface area contributed by atoms with Crippen molar-refractivity contribution in [1.29, 1.82) is 5.41 Å². The van der Waals surface area contributed by atoms with Crippen molar-refractivity contribution in [2.75, 3.05) is 18.9 Å². The van der Waals surface area contributed by atoms with Crippen molar-refractivity contribution >= 4 is 23.1 Å². The number of amidine groups is 1. The molecule has 0 aliphatic rings. The standard InChI is InChI=1S/C21H17ClF5N5O/c1-29-18-14(24)7-6-13(23)17(18)19(28)30-9-8-11-2-4-12(5-3-11)33-16-10-15(22)31-20(32-16)21(25,26)27/h2-7,10,29H,8-9H2,1H3,(H2,28,30). The number of anilines is 1. The van der Waals surface area contributed by atoms with Crippen molar-refractivity contribution in [2.24, 2.45) is 0 Å². The molecule has 12 heteroatoms. The van der Waals surface area contributed by atoms with Gasteiger partial charge in [0, 0.05) is 19.7 Å². The van der Waals surface area contributed by atoms with Crippen molar-refractivity contribution in [2.45, 2.75) is 12.6 Å². The first-order valence-electron chi connectivity index (χ1n) is 9.45. The third-order valence-corrected chi connectivity index (χ3v) is 4.58. The molecule has 0 saturated carbocycles. The topological polar surface area (TPSA) is 82.9 Å². The molecule has 0 unspecified atom stereocenters. The van der Waals surface area contributed by atoms with Gasteiger partial charge in [0.15, 0.2) is 0 Å². The molecule has 3 rings (SSSR count). The van der Waals surface area contributed by atoms with E-state index in [1.165, 1.54) is 19.2 Å². The molecule has 1 heterocycles. The van der Waals surface area contributed by atoms with Gasteiger partial charge in [0.1, 0.15) is 28.4 Å². The normalized spacial score (nSPS) is 11.2. The molecule has 0 fully saturated rings. The van der Waals surface area contributed by atoms with E-state index in [1.807, 2.05) is 0 Å². The molecule has 0 aliphatic heterocycles. The van der Waals surface area contributed by atoms with Gasteiger partial charge in [-0.15, -0.1) is 0 Å². The van der Waals surface area contributed by atoms with E-state index in [0.717, 1.165) is 23.8 Å². The lowest BCUT2D eigenvalue weighted by Crippen LogP contribution is -2.27. The Bertz CT molecular complexity index is 1160. The van der Waals surface area contributed by atoms with E-state index in [2.05, 4.69) is 20.6 Å². The summed E-state index contributed by atoms with van der Waals surface area (Å²) in [6.45, 7) is 0.245. The van der Waals surface area contributed by atoms with Crippen LogP contribution in [0.25, 0.3) is 0 Å². The number of rotatable bonds is 7. The van der Waals surface area contributed by atoms with Gasteiger partial charge in [-0.05, 0) is 36.2 Å². The third kappa shape index (κ3) is 6.07. The number of halogens is 6. The van der Waals surface area contributed by atoms with Crippen LogP contribution in [0.3, 0.4) is 0 Å². The summed E-state index contributed by atoms with van der Waals surface area (Å²) in [5, 5.41) is 12.9. The van der Waals surface area contributed by atoms with Crippen molar-refractivity contribution in [1.82, 2.24) is 15.3 Å². The maximum atomic E-state index is 14.1. The van der Waals surface area contributed by atoms with Crippen LogP contribution in [0.1, 0.15) is 17.0 Å². The van der Waals surface area contributed by atoms with Crippen LogP contribution in [0.15, 0.2) is 42.5 Å². The third-order valence-electron chi connectivity index (χ3n) is 4.39. The first kappa shape index (κ1) is 24.2. The Balaban J connectivity index is 1.61. The molecular weight excluding hydrogens is 469 g/mol. The first-order chi connectivity index (χ1) is 15.6. The second-order valence-corrected chi connectivity index (χ2v) is 7.06. The predicted molar refractivity (Wildman–Crippen MR) is 113 cm³/mol. The molecular formula is C21H17ClF5N5O. The van der Waals surface area contributed by atoms with Crippen LogP contribution >= 0.6 is 11.6 Å². The summed E-state index contributed by atoms with van der Waals surface area (Å²) in [5.41, 5.74) is 0.475. The quantitative estimate of drug-likeness (QED) is 0.180. The van der Waals surface area contributed by atoms with Crippen LogP contribution in [0.4, 0.5) is 27.6 Å². The fourth-order valence-corrected chi connectivity index (χ4v) is 3.06. The lowest BCUT2D eigenvalue weighted by molar-refractivity contribution is -0.145. The lowest BCUT2D eigenvalue weighted by Gasteiger charge is -2.14. The molecule has 0 bridgehead atoms. The van der Waals surface area contributed by atoms with Crippen molar-refractivity contribution in [3.8, 4) is 11.6 Å². The fourth-order valence-electron chi connectivity index (χ4n) is 2.88. The Hall–Kier alpha value is -3.47. The van der Waals surface area contributed by atoms with Crippen LogP contribution < -0.4 is 15.4 Å². The Labute approximate surface area is 190 Å². The largest absolute Gasteiger partial charge is 0.451 e. The van der Waals surface area contributed by atoms with Crippen LogP contribution in [-0.2, 0) is 12.6 Å². The number of hydrogen-bond acceptors (Lipinski definition) is 5. The predicted octanol–water partition coefficient (Wildman–Crippen LogP) is 5.42. The van der Waals surface area contributed by atoms with E-state index < -0.39 is 28.8 Å². The molecule has 2 aromatic carbocycles. The molecule has 0 amide bonds. The van der Waals surface area contributed by atoms with E-state index in [-0.39, 0.29) is 35.3 Å². The highest BCUT2D eigenvalue weighted by Gasteiger charge is 2.35. The minimum absolute atomic E-state index is 0.118. The highest BCUT2D eigenvalue weighted by molar-refractivity contribution is 6.29. The molecule has 174 valence electrons. The van der Waals surface area contributed by atoms with Crippen LogP contribution in [0, 0.1) is 17.0 Å². The number of aromatic nitrogens is 2. The van der Waals surface area contributed by atoms with Gasteiger partial charge in [-0.2, -0.15) is 18.2 Å². The molecule has 0 saturated heterocycles. The van der Waals surface area contributed by atoms with Gasteiger partial charge in [0.2, 0.25) is 11.7 Å². The monoisotopic (exact) mass is 485 g/mol. The number of nitrogens with one attached hydrogen (secondary N) is 3. The number of nitrogens with zero attached hydrogens (tertiary/aromatic N) is 2. The van der Waals surface area contributed by atoms with Gasteiger partial charge in [-0.1, -0.05) is 23.7 Å². The van der Waals surface area contributed by atoms with E-state index in [9.17, 15) is 22.0 Å². The maximum Gasteiger partial charge on any atom is 0.451 e. The zero-order valence-electron chi connectivity index (χ0n) is 17.0. The molecule has 3 N–H and O–H groups in total. The molecule has 1 aromatic heterocycles. The zero-order valence-corrected chi connectivity index (χ0v) is 17.8. The van der Waals surface area contributed by atoms with Crippen molar-refractivity contribution in [3.05, 3.63) is 76.2 Å². The number of alkyl halides is 3. The SMILES string of the molecule is CNc1c(F)ccc(F)c1C(=N)NCCc1ccc(Oc2cc(Cl)nc(C(F)(F)F)n2)cc1. The molecule has 6 nitrogen and oxygen atoms in total. The number of hydrogen-bond donors (Lipinski definition) is 3. The van der Waals surface area contributed by atoms with E-state index in [1.54, 1.807) is 12.1 Å². The van der Waals surface area contributed by atoms with Gasteiger partial charge in [0.05, 0.1) is 11.3 Å². The van der Waals surface area contributed by atoms with Crippen LogP contribution in [-0.4, -0.2) is 29.4 Å². The summed E-state index contributed by atoms with van der Waals surface area (Å²) in [4.78, 5) is 6.44. The molecule has 0 radical (unpaired) electrons. The molecule has 33 heavy (non-hydrogen) atoms. The van der Waals surface area contributed by atoms with Crippen LogP contribution in [0.2, 0.25) is 5.15 Å². The Morgan fingerprint density at radius 1 is 1.06 bits per heavy atom. The Morgan fingerprint density at radius 2 is 1.73 bits per heavy atom. The second-order valence-electron chi connectivity index (χ2n) is 6.68. The van der Waals surface area contributed by atoms with Crippen LogP contribution in [0.5, 0.6) is 11.6 Å². The molecule has 3 aromatic rings. The minimum atomic E-state index is -4.77. The summed E-state index contributed by atoms with van der Waals surface area (Å²) in [6.07, 6.45) is -4.35. The van der Waals surface area contributed by atoms with Gasteiger partial charge in [0.25, 0.3) is 0 Å². The number of benzene rings is 2. The van der Waals surface area contributed by atoms with E-state index in [0.29, 0.717) is 6.42 Å². The summed E-state index contributed by atoms with van der Waals surface area (Å²) in [7, 11) is 1.43. The zero-order chi connectivity index (χ0) is 24.2. The lowest BCUT2D eigenvalue weighted by atomic mass is 10.1. The summed E-state index contributed by atoms with van der Waals surface area (Å²) in [5.74, 6) is -3.24. The van der Waals surface area contributed by atoms with Gasteiger partial charge < -0.3 is 15.4 Å². The second kappa shape index (κ2) is 9.99. The Morgan fingerprint density at radius 3 is 2.36 bits per heavy atom. The average molecular weight is 486 g/mol. The highest BCUT2D eigenvalue weighted by atomic mass is 35.5. The summed E-state index contributed by atoms with van der Waals surface area (Å²) >= 11 is 5.61. The molecule has 0 atom stereocenters. The number of ether oxygens (including phenoxy) is 1. The molecule has 0 aliphatic carbocycles. The minimum Gasteiger partial charge on any atom is -0.439 e.